The van der Waals surface area contributed by atoms with Crippen LogP contribution in [0.1, 0.15) is 13.3 Å². The largest absolute Gasteiger partial charge is 0.469 e. The Bertz CT molecular complexity index is 324. The topological polar surface area (TPSA) is 87.7 Å². The first-order valence-corrected chi connectivity index (χ1v) is 6.86. The normalized spacial score (nSPS) is 11.1. The molecule has 0 atom stereocenters. The minimum atomic E-state index is -3.51. The molecule has 9 heteroatoms. The van der Waals surface area contributed by atoms with E-state index >= 15 is 0 Å². The Hall–Kier alpha value is -0.410. The van der Waals surface area contributed by atoms with E-state index in [0.717, 1.165) is 10.8 Å². The fraction of sp³-hybridized carbons (Fsp3) is 0.889. The van der Waals surface area contributed by atoms with Crippen molar-refractivity contribution in [2.45, 2.75) is 13.3 Å². The first-order chi connectivity index (χ1) is 7.94. The molecule has 0 saturated heterocycles. The summed E-state index contributed by atoms with van der Waals surface area (Å²) >= 11 is 0. The number of methoxy groups -OCH3 is 1. The molecule has 0 saturated carbocycles. The molecule has 7 nitrogen and oxygen atoms in total. The number of carbonyl (C=O) groups excluding carboxylic acids is 1. The van der Waals surface area contributed by atoms with Crippen molar-refractivity contribution in [3.8, 4) is 0 Å². The Kier molecular flexibility index (Phi) is 11.6. The molecule has 0 fully saturated rings. The van der Waals surface area contributed by atoms with Crippen LogP contribution in [0.25, 0.3) is 0 Å². The van der Waals surface area contributed by atoms with E-state index in [1.165, 1.54) is 14.2 Å². The molecule has 0 aliphatic heterocycles. The van der Waals surface area contributed by atoms with Gasteiger partial charge in [0.15, 0.2) is 0 Å². The summed E-state index contributed by atoms with van der Waals surface area (Å²) in [7, 11) is -0.825. The number of ether oxygens (including phenoxy) is 1. The zero-order valence-electron chi connectivity index (χ0n) is 10.9. The van der Waals surface area contributed by atoms with Crippen molar-refractivity contribution in [1.82, 2.24) is 14.3 Å². The van der Waals surface area contributed by atoms with E-state index in [2.05, 4.69) is 14.8 Å². The maximum absolute atomic E-state index is 11.6. The second kappa shape index (κ2) is 10.5. The molecule has 0 bridgehead atoms. The van der Waals surface area contributed by atoms with Gasteiger partial charge in [-0.15, -0.1) is 12.4 Å². The molecule has 0 amide bonds. The van der Waals surface area contributed by atoms with Gasteiger partial charge in [-0.2, -0.15) is 12.7 Å². The van der Waals surface area contributed by atoms with Crippen LogP contribution in [0.2, 0.25) is 0 Å². The zero-order chi connectivity index (χ0) is 13.3. The molecule has 0 radical (unpaired) electrons. The van der Waals surface area contributed by atoms with E-state index in [-0.39, 0.29) is 25.4 Å². The number of rotatable bonds is 9. The fourth-order valence-corrected chi connectivity index (χ4v) is 1.94. The van der Waals surface area contributed by atoms with Gasteiger partial charge in [-0.25, -0.2) is 4.72 Å². The Morgan fingerprint density at radius 3 is 2.44 bits per heavy atom. The van der Waals surface area contributed by atoms with E-state index in [0.29, 0.717) is 13.1 Å². The van der Waals surface area contributed by atoms with Crippen molar-refractivity contribution in [2.75, 3.05) is 40.3 Å². The van der Waals surface area contributed by atoms with Gasteiger partial charge in [0.2, 0.25) is 0 Å². The van der Waals surface area contributed by atoms with Gasteiger partial charge in [-0.3, -0.25) is 4.79 Å². The highest BCUT2D eigenvalue weighted by Gasteiger charge is 2.17. The van der Waals surface area contributed by atoms with Crippen molar-refractivity contribution in [3.05, 3.63) is 0 Å². The molecule has 0 heterocycles. The highest BCUT2D eigenvalue weighted by atomic mass is 35.5. The molecular weight excluding hydrogens is 282 g/mol. The molecule has 0 rings (SSSR count). The summed E-state index contributed by atoms with van der Waals surface area (Å²) in [5.41, 5.74) is 0. The van der Waals surface area contributed by atoms with Gasteiger partial charge in [0.1, 0.15) is 0 Å². The van der Waals surface area contributed by atoms with Crippen molar-refractivity contribution >= 4 is 28.6 Å². The van der Waals surface area contributed by atoms with Crippen LogP contribution >= 0.6 is 12.4 Å². The predicted octanol–water partition coefficient (Wildman–Crippen LogP) is -0.653. The van der Waals surface area contributed by atoms with Gasteiger partial charge < -0.3 is 10.1 Å². The van der Waals surface area contributed by atoms with Crippen LogP contribution in [-0.2, 0) is 19.7 Å². The lowest BCUT2D eigenvalue weighted by molar-refractivity contribution is -0.140. The van der Waals surface area contributed by atoms with Crippen molar-refractivity contribution in [1.29, 1.82) is 0 Å². The first-order valence-electron chi connectivity index (χ1n) is 5.42. The number of carbonyl (C=O) groups is 1. The lowest BCUT2D eigenvalue weighted by Crippen LogP contribution is -2.41. The number of esters is 1. The minimum Gasteiger partial charge on any atom is -0.469 e. The van der Waals surface area contributed by atoms with Gasteiger partial charge in [0.05, 0.1) is 13.5 Å². The van der Waals surface area contributed by atoms with Crippen molar-refractivity contribution < 1.29 is 17.9 Å². The molecule has 0 aliphatic carbocycles. The van der Waals surface area contributed by atoms with Crippen LogP contribution in [0.4, 0.5) is 0 Å². The monoisotopic (exact) mass is 303 g/mol. The van der Waals surface area contributed by atoms with Gasteiger partial charge in [0.25, 0.3) is 10.2 Å². The number of nitrogens with one attached hydrogen (secondary N) is 2. The van der Waals surface area contributed by atoms with Crippen molar-refractivity contribution in [3.63, 3.8) is 0 Å². The quantitative estimate of drug-likeness (QED) is 0.436. The summed E-state index contributed by atoms with van der Waals surface area (Å²) in [5, 5.41) is 3.00. The van der Waals surface area contributed by atoms with E-state index in [1.807, 2.05) is 6.92 Å². The molecular formula is C9H22ClN3O4S. The number of halogens is 1. The Labute approximate surface area is 115 Å². The van der Waals surface area contributed by atoms with E-state index in [4.69, 9.17) is 0 Å². The van der Waals surface area contributed by atoms with Crippen molar-refractivity contribution in [2.24, 2.45) is 0 Å². The van der Waals surface area contributed by atoms with Gasteiger partial charge >= 0.3 is 5.97 Å². The SMILES string of the molecule is CCNCCNS(=O)(=O)N(C)CCC(=O)OC.Cl. The van der Waals surface area contributed by atoms with Crippen LogP contribution in [-0.4, -0.2) is 59.0 Å². The van der Waals surface area contributed by atoms with E-state index in [1.54, 1.807) is 0 Å². The summed E-state index contributed by atoms with van der Waals surface area (Å²) in [6.45, 7) is 3.72. The van der Waals surface area contributed by atoms with E-state index in [9.17, 15) is 13.2 Å². The Morgan fingerprint density at radius 2 is 1.94 bits per heavy atom. The lowest BCUT2D eigenvalue weighted by atomic mass is 10.4. The molecule has 0 aromatic rings. The number of hydrogen-bond donors (Lipinski definition) is 2. The molecule has 110 valence electrons. The van der Waals surface area contributed by atoms with Gasteiger partial charge in [-0.05, 0) is 6.54 Å². The second-order valence-electron chi connectivity index (χ2n) is 3.40. The average Bonchev–Trinajstić information content (AvgIpc) is 2.31. The third-order valence-corrected chi connectivity index (χ3v) is 3.68. The minimum absolute atomic E-state index is 0. The number of nitrogens with zero attached hydrogens (tertiary/aromatic N) is 1. The second-order valence-corrected chi connectivity index (χ2v) is 5.26. The molecule has 0 aromatic heterocycles. The standard InChI is InChI=1S/C9H21N3O4S.ClH/c1-4-10-6-7-11-17(14,15)12(2)8-5-9(13)16-3;/h10-11H,4-8H2,1-3H3;1H. The molecule has 0 aromatic carbocycles. The van der Waals surface area contributed by atoms with E-state index < -0.39 is 16.2 Å². The molecule has 18 heavy (non-hydrogen) atoms. The number of likely N-dealkylation sites (N-methyl/N-ethyl adjacent to an activating group) is 1. The summed E-state index contributed by atoms with van der Waals surface area (Å²) in [6, 6.07) is 0. The highest BCUT2D eigenvalue weighted by Crippen LogP contribution is 1.96. The maximum Gasteiger partial charge on any atom is 0.306 e. The average molecular weight is 304 g/mol. The van der Waals surface area contributed by atoms with Gasteiger partial charge in [-0.1, -0.05) is 6.92 Å². The van der Waals surface area contributed by atoms with Crippen LogP contribution in [0.5, 0.6) is 0 Å². The van der Waals surface area contributed by atoms with Gasteiger partial charge in [0, 0.05) is 26.7 Å². The van der Waals surface area contributed by atoms with Crippen LogP contribution in [0, 0.1) is 0 Å². The molecule has 0 unspecified atom stereocenters. The Morgan fingerprint density at radius 1 is 1.33 bits per heavy atom. The van der Waals surface area contributed by atoms with Crippen LogP contribution in [0.15, 0.2) is 0 Å². The van der Waals surface area contributed by atoms with Crippen LogP contribution < -0.4 is 10.0 Å². The zero-order valence-corrected chi connectivity index (χ0v) is 12.6. The lowest BCUT2D eigenvalue weighted by Gasteiger charge is -2.17. The maximum atomic E-state index is 11.6. The predicted molar refractivity (Wildman–Crippen MR) is 72.0 cm³/mol. The highest BCUT2D eigenvalue weighted by molar-refractivity contribution is 7.87. The third-order valence-electron chi connectivity index (χ3n) is 2.11. The summed E-state index contributed by atoms with van der Waals surface area (Å²) in [4.78, 5) is 10.9. The summed E-state index contributed by atoms with van der Waals surface area (Å²) in [5.74, 6) is -0.431. The first kappa shape index (κ1) is 19.9. The molecule has 2 N–H and O–H groups in total. The third kappa shape index (κ3) is 8.65. The molecule has 0 spiro atoms. The number of hydrogen-bond acceptors (Lipinski definition) is 5. The Balaban J connectivity index is 0. The fourth-order valence-electron chi connectivity index (χ4n) is 1.03. The summed E-state index contributed by atoms with van der Waals surface area (Å²) in [6.07, 6.45) is 0.0428. The van der Waals surface area contributed by atoms with Crippen LogP contribution in [0.3, 0.4) is 0 Å². The molecule has 0 aliphatic rings. The summed E-state index contributed by atoms with van der Waals surface area (Å²) < 4.78 is 31.2. The smallest absolute Gasteiger partial charge is 0.306 e.